The van der Waals surface area contributed by atoms with Gasteiger partial charge in [-0.3, -0.25) is 4.57 Å². The predicted octanol–water partition coefficient (Wildman–Crippen LogP) is 4.41. The predicted molar refractivity (Wildman–Crippen MR) is 92.0 cm³/mol. The molecule has 2 heterocycles. The van der Waals surface area contributed by atoms with Crippen molar-refractivity contribution in [1.29, 1.82) is 0 Å². The first-order chi connectivity index (χ1) is 11.7. The summed E-state index contributed by atoms with van der Waals surface area (Å²) in [4.78, 5) is 9.32. The van der Waals surface area contributed by atoms with Gasteiger partial charge in [0.1, 0.15) is 12.1 Å². The Morgan fingerprint density at radius 1 is 1.08 bits per heavy atom. The number of aryl methyl sites for hydroxylation is 1. The average molecular weight is 320 g/mol. The summed E-state index contributed by atoms with van der Waals surface area (Å²) in [5, 5.41) is 0. The maximum absolute atomic E-state index is 13.7. The van der Waals surface area contributed by atoms with E-state index in [1.807, 2.05) is 10.9 Å². The highest BCUT2D eigenvalue weighted by atomic mass is 19.1. The quantitative estimate of drug-likeness (QED) is 0.560. The van der Waals surface area contributed by atoms with E-state index < -0.39 is 0 Å². The molecule has 5 heteroatoms. The first-order valence-electron chi connectivity index (χ1n) is 8.38. The van der Waals surface area contributed by atoms with Gasteiger partial charge in [-0.05, 0) is 55.2 Å². The Balaban J connectivity index is 1.78. The summed E-state index contributed by atoms with van der Waals surface area (Å²) in [6, 6.07) is 11.5. The molecule has 4 nitrogen and oxygen atoms in total. The van der Waals surface area contributed by atoms with Crippen molar-refractivity contribution >= 4 is 22.1 Å². The van der Waals surface area contributed by atoms with Gasteiger partial charge in [0, 0.05) is 6.04 Å². The van der Waals surface area contributed by atoms with Gasteiger partial charge in [0.25, 0.3) is 0 Å². The molecule has 0 radical (unpaired) electrons. The van der Waals surface area contributed by atoms with E-state index in [1.165, 1.54) is 11.6 Å². The minimum Gasteiger partial charge on any atom is -0.306 e. The van der Waals surface area contributed by atoms with Gasteiger partial charge in [-0.25, -0.2) is 14.4 Å². The molecule has 2 aromatic heterocycles. The molecule has 24 heavy (non-hydrogen) atoms. The maximum Gasteiger partial charge on any atom is 0.216 e. The van der Waals surface area contributed by atoms with E-state index in [-0.39, 0.29) is 5.82 Å². The summed E-state index contributed by atoms with van der Waals surface area (Å²) < 4.78 is 17.9. The lowest BCUT2D eigenvalue weighted by Crippen LogP contribution is -2.04. The zero-order valence-electron chi connectivity index (χ0n) is 13.4. The summed E-state index contributed by atoms with van der Waals surface area (Å²) in [5.41, 5.74) is 4.95. The number of nitrogens with zero attached hydrogens (tertiary/aromatic N) is 4. The third kappa shape index (κ3) is 1.97. The molecule has 1 saturated carbocycles. The molecule has 5 rings (SSSR count). The molecular formula is C19H17FN4. The fourth-order valence-corrected chi connectivity index (χ4v) is 3.35. The van der Waals surface area contributed by atoms with Crippen LogP contribution in [0.2, 0.25) is 0 Å². The van der Waals surface area contributed by atoms with Gasteiger partial charge in [0.15, 0.2) is 0 Å². The van der Waals surface area contributed by atoms with Gasteiger partial charge < -0.3 is 4.57 Å². The fourth-order valence-electron chi connectivity index (χ4n) is 3.35. The first-order valence-corrected chi connectivity index (χ1v) is 8.38. The molecule has 1 aliphatic carbocycles. The standard InChI is InChI=1S/C19H17FN4/c1-2-12-3-8-17-16(9-12)21-11-23(17)19-22-15-7-4-13(20)10-18(15)24(19)14-5-6-14/h3-4,7-11,14H,2,5-6H2,1H3. The van der Waals surface area contributed by atoms with Gasteiger partial charge in [-0.15, -0.1) is 0 Å². The number of fused-ring (bicyclic) bond motifs is 2. The van der Waals surface area contributed by atoms with Crippen LogP contribution in [-0.4, -0.2) is 19.1 Å². The third-order valence-corrected chi connectivity index (χ3v) is 4.78. The van der Waals surface area contributed by atoms with Crippen LogP contribution in [0.25, 0.3) is 28.0 Å². The van der Waals surface area contributed by atoms with Crippen LogP contribution in [0, 0.1) is 5.82 Å². The fraction of sp³-hybridized carbons (Fsp3) is 0.263. The van der Waals surface area contributed by atoms with Crippen LogP contribution in [0.1, 0.15) is 31.4 Å². The lowest BCUT2D eigenvalue weighted by molar-refractivity contribution is 0.627. The smallest absolute Gasteiger partial charge is 0.216 e. The van der Waals surface area contributed by atoms with E-state index >= 15 is 0 Å². The minimum atomic E-state index is -0.223. The van der Waals surface area contributed by atoms with Crippen molar-refractivity contribution in [1.82, 2.24) is 19.1 Å². The highest BCUT2D eigenvalue weighted by molar-refractivity contribution is 5.81. The Bertz CT molecular complexity index is 1070. The molecule has 1 fully saturated rings. The Labute approximate surface area is 138 Å². The summed E-state index contributed by atoms with van der Waals surface area (Å²) in [6.07, 6.45) is 5.03. The maximum atomic E-state index is 13.7. The lowest BCUT2D eigenvalue weighted by atomic mass is 10.1. The Kier molecular flexibility index (Phi) is 2.80. The molecule has 0 N–H and O–H groups in total. The van der Waals surface area contributed by atoms with Crippen molar-refractivity contribution in [3.8, 4) is 5.95 Å². The summed E-state index contributed by atoms with van der Waals surface area (Å²) >= 11 is 0. The third-order valence-electron chi connectivity index (χ3n) is 4.78. The van der Waals surface area contributed by atoms with Gasteiger partial charge in [0.05, 0.1) is 22.1 Å². The van der Waals surface area contributed by atoms with Crippen LogP contribution in [0.3, 0.4) is 0 Å². The molecule has 1 aliphatic rings. The highest BCUT2D eigenvalue weighted by Gasteiger charge is 2.29. The number of imidazole rings is 2. The number of hydrogen-bond donors (Lipinski definition) is 0. The Morgan fingerprint density at radius 3 is 2.75 bits per heavy atom. The second-order valence-corrected chi connectivity index (χ2v) is 6.44. The van der Waals surface area contributed by atoms with Crippen LogP contribution in [0.15, 0.2) is 42.7 Å². The lowest BCUT2D eigenvalue weighted by Gasteiger charge is -2.09. The number of aromatic nitrogens is 4. The number of benzene rings is 2. The molecule has 0 unspecified atom stereocenters. The molecule has 0 aliphatic heterocycles. The molecule has 0 spiro atoms. The average Bonchev–Trinajstić information content (AvgIpc) is 3.24. The van der Waals surface area contributed by atoms with Crippen molar-refractivity contribution in [3.63, 3.8) is 0 Å². The van der Waals surface area contributed by atoms with Crippen molar-refractivity contribution < 1.29 is 4.39 Å². The van der Waals surface area contributed by atoms with Crippen LogP contribution in [0.4, 0.5) is 4.39 Å². The molecule has 0 bridgehead atoms. The first kappa shape index (κ1) is 13.7. The van der Waals surface area contributed by atoms with Crippen LogP contribution in [-0.2, 0) is 6.42 Å². The topological polar surface area (TPSA) is 35.6 Å². The molecule has 0 amide bonds. The monoisotopic (exact) mass is 320 g/mol. The zero-order chi connectivity index (χ0) is 16.3. The van der Waals surface area contributed by atoms with Crippen LogP contribution in [0.5, 0.6) is 0 Å². The molecule has 2 aromatic carbocycles. The number of hydrogen-bond acceptors (Lipinski definition) is 2. The molecule has 0 atom stereocenters. The Hall–Kier alpha value is -2.69. The largest absolute Gasteiger partial charge is 0.306 e. The second-order valence-electron chi connectivity index (χ2n) is 6.44. The van der Waals surface area contributed by atoms with Gasteiger partial charge in [-0.2, -0.15) is 0 Å². The number of halogens is 1. The van der Waals surface area contributed by atoms with Crippen LogP contribution >= 0.6 is 0 Å². The van der Waals surface area contributed by atoms with Gasteiger partial charge >= 0.3 is 0 Å². The highest BCUT2D eigenvalue weighted by Crippen LogP contribution is 2.40. The van der Waals surface area contributed by atoms with Crippen molar-refractivity contribution in [2.75, 3.05) is 0 Å². The van der Waals surface area contributed by atoms with Crippen molar-refractivity contribution in [2.45, 2.75) is 32.2 Å². The normalized spacial score (nSPS) is 14.8. The van der Waals surface area contributed by atoms with Crippen LogP contribution < -0.4 is 0 Å². The molecule has 120 valence electrons. The summed E-state index contributed by atoms with van der Waals surface area (Å²) in [6.45, 7) is 2.14. The molecule has 0 saturated heterocycles. The summed E-state index contributed by atoms with van der Waals surface area (Å²) in [5.74, 6) is 0.601. The molecule has 4 aromatic rings. The molecular weight excluding hydrogens is 303 g/mol. The van der Waals surface area contributed by atoms with E-state index in [0.29, 0.717) is 6.04 Å². The van der Waals surface area contributed by atoms with E-state index in [2.05, 4.69) is 34.7 Å². The van der Waals surface area contributed by atoms with Gasteiger partial charge in [0.2, 0.25) is 5.95 Å². The van der Waals surface area contributed by atoms with Crippen molar-refractivity contribution in [3.05, 3.63) is 54.1 Å². The van der Waals surface area contributed by atoms with E-state index in [0.717, 1.165) is 47.3 Å². The van der Waals surface area contributed by atoms with Gasteiger partial charge in [-0.1, -0.05) is 13.0 Å². The summed E-state index contributed by atoms with van der Waals surface area (Å²) in [7, 11) is 0. The zero-order valence-corrected chi connectivity index (χ0v) is 13.4. The van der Waals surface area contributed by atoms with E-state index in [1.54, 1.807) is 12.1 Å². The van der Waals surface area contributed by atoms with E-state index in [9.17, 15) is 4.39 Å². The second kappa shape index (κ2) is 4.90. The number of rotatable bonds is 3. The van der Waals surface area contributed by atoms with E-state index in [4.69, 9.17) is 4.98 Å². The minimum absolute atomic E-state index is 0.223. The van der Waals surface area contributed by atoms with Crippen molar-refractivity contribution in [2.24, 2.45) is 0 Å². The SMILES string of the molecule is CCc1ccc2c(c1)ncn2-c1nc2ccc(F)cc2n1C1CC1. The Morgan fingerprint density at radius 2 is 1.96 bits per heavy atom.